The minimum atomic E-state index is -0.738. The van der Waals surface area contributed by atoms with E-state index >= 15 is 0 Å². The van der Waals surface area contributed by atoms with Crippen molar-refractivity contribution in [1.29, 1.82) is 0 Å². The summed E-state index contributed by atoms with van der Waals surface area (Å²) < 4.78 is 0. The Morgan fingerprint density at radius 2 is 1.82 bits per heavy atom. The molecular formula is C11H20N4O2. The maximum Gasteiger partial charge on any atom is 0.132 e. The second-order valence-electron chi connectivity index (χ2n) is 3.89. The van der Waals surface area contributed by atoms with Crippen LogP contribution in [0.15, 0.2) is 12.4 Å². The van der Waals surface area contributed by atoms with Crippen LogP contribution in [0, 0.1) is 0 Å². The maximum atomic E-state index is 9.33. The molecule has 1 heterocycles. The number of anilines is 2. The fraction of sp³-hybridized carbons (Fsp3) is 0.636. The molecule has 0 fully saturated rings. The topological polar surface area (TPSA) is 90.3 Å². The van der Waals surface area contributed by atoms with Crippen LogP contribution >= 0.6 is 0 Å². The van der Waals surface area contributed by atoms with E-state index in [1.807, 2.05) is 13.8 Å². The summed E-state index contributed by atoms with van der Waals surface area (Å²) in [7, 11) is 0. The van der Waals surface area contributed by atoms with Gasteiger partial charge in [0.1, 0.15) is 18.0 Å². The smallest absolute Gasteiger partial charge is 0.132 e. The molecule has 6 nitrogen and oxygen atoms in total. The first-order valence-electron chi connectivity index (χ1n) is 5.75. The lowest BCUT2D eigenvalue weighted by molar-refractivity contribution is 0.132. The van der Waals surface area contributed by atoms with E-state index in [4.69, 9.17) is 0 Å². The Labute approximate surface area is 101 Å². The molecule has 1 rings (SSSR count). The van der Waals surface area contributed by atoms with Gasteiger partial charge >= 0.3 is 0 Å². The van der Waals surface area contributed by atoms with E-state index in [-0.39, 0.29) is 13.2 Å². The van der Waals surface area contributed by atoms with E-state index in [1.54, 1.807) is 6.07 Å². The molecule has 0 aromatic carbocycles. The zero-order valence-electron chi connectivity index (χ0n) is 10.3. The summed E-state index contributed by atoms with van der Waals surface area (Å²) in [5.74, 6) is 1.30. The molecule has 0 saturated carbocycles. The molecule has 1 aromatic rings. The predicted molar refractivity (Wildman–Crippen MR) is 67.0 cm³/mol. The fourth-order valence-electron chi connectivity index (χ4n) is 1.42. The summed E-state index contributed by atoms with van der Waals surface area (Å²) >= 11 is 0. The van der Waals surface area contributed by atoms with Gasteiger partial charge in [0.15, 0.2) is 0 Å². The highest BCUT2D eigenvalue weighted by atomic mass is 16.3. The van der Waals surface area contributed by atoms with Crippen molar-refractivity contribution in [1.82, 2.24) is 9.97 Å². The van der Waals surface area contributed by atoms with E-state index < -0.39 is 5.54 Å². The minimum Gasteiger partial charge on any atom is -0.394 e. The Kier molecular flexibility index (Phi) is 5.11. The van der Waals surface area contributed by atoms with Crippen molar-refractivity contribution in [2.75, 3.05) is 30.4 Å². The zero-order valence-corrected chi connectivity index (χ0v) is 10.3. The molecule has 0 saturated heterocycles. The van der Waals surface area contributed by atoms with E-state index in [0.717, 1.165) is 6.54 Å². The Morgan fingerprint density at radius 3 is 2.35 bits per heavy atom. The summed E-state index contributed by atoms with van der Waals surface area (Å²) in [6, 6.07) is 1.75. The van der Waals surface area contributed by atoms with Gasteiger partial charge in [0.25, 0.3) is 0 Å². The SMILES string of the molecule is CCNc1cc(NC(CC)(CO)CO)ncn1. The molecule has 4 N–H and O–H groups in total. The average molecular weight is 240 g/mol. The molecular weight excluding hydrogens is 220 g/mol. The van der Waals surface area contributed by atoms with Crippen LogP contribution in [0.4, 0.5) is 11.6 Å². The first-order chi connectivity index (χ1) is 8.19. The highest BCUT2D eigenvalue weighted by Crippen LogP contribution is 2.17. The molecule has 6 heteroatoms. The molecule has 0 aliphatic rings. The largest absolute Gasteiger partial charge is 0.394 e. The van der Waals surface area contributed by atoms with Crippen LogP contribution in [0.3, 0.4) is 0 Å². The number of aliphatic hydroxyl groups is 2. The number of nitrogens with zero attached hydrogens (tertiary/aromatic N) is 2. The standard InChI is InChI=1S/C11H20N4O2/c1-3-11(6-16,7-17)15-10-5-9(12-4-2)13-8-14-10/h5,8,16-17H,3-4,6-7H2,1-2H3,(H2,12,13,14,15). The molecule has 1 aromatic heterocycles. The summed E-state index contributed by atoms with van der Waals surface area (Å²) in [6.45, 7) is 4.34. The van der Waals surface area contributed by atoms with E-state index in [2.05, 4.69) is 20.6 Å². The molecule has 0 spiro atoms. The van der Waals surface area contributed by atoms with Crippen molar-refractivity contribution in [3.05, 3.63) is 12.4 Å². The van der Waals surface area contributed by atoms with Gasteiger partial charge in [0.05, 0.1) is 18.8 Å². The molecule has 0 unspecified atom stereocenters. The first-order valence-corrected chi connectivity index (χ1v) is 5.75. The molecule has 17 heavy (non-hydrogen) atoms. The molecule has 96 valence electrons. The molecule has 0 aliphatic carbocycles. The highest BCUT2D eigenvalue weighted by Gasteiger charge is 2.26. The summed E-state index contributed by atoms with van der Waals surface area (Å²) in [5.41, 5.74) is -0.738. The Hall–Kier alpha value is -1.40. The number of hydrogen-bond donors (Lipinski definition) is 4. The molecule has 0 radical (unpaired) electrons. The number of aliphatic hydroxyl groups excluding tert-OH is 2. The van der Waals surface area contributed by atoms with Crippen molar-refractivity contribution < 1.29 is 10.2 Å². The second kappa shape index (κ2) is 6.36. The first kappa shape index (κ1) is 13.7. The Bertz CT molecular complexity index is 334. The Morgan fingerprint density at radius 1 is 1.18 bits per heavy atom. The predicted octanol–water partition coefficient (Wildman–Crippen LogP) is 0.454. The minimum absolute atomic E-state index is 0.152. The van der Waals surface area contributed by atoms with Crippen LogP contribution in [0.2, 0.25) is 0 Å². The lowest BCUT2D eigenvalue weighted by atomic mass is 9.98. The normalized spacial score (nSPS) is 11.3. The lowest BCUT2D eigenvalue weighted by Gasteiger charge is -2.30. The van der Waals surface area contributed by atoms with Crippen LogP contribution in [0.25, 0.3) is 0 Å². The van der Waals surface area contributed by atoms with Gasteiger partial charge in [-0.2, -0.15) is 0 Å². The van der Waals surface area contributed by atoms with Crippen LogP contribution in [-0.2, 0) is 0 Å². The van der Waals surface area contributed by atoms with Gasteiger partial charge in [0.2, 0.25) is 0 Å². The average Bonchev–Trinajstić information content (AvgIpc) is 2.37. The highest BCUT2D eigenvalue weighted by molar-refractivity contribution is 5.47. The fourth-order valence-corrected chi connectivity index (χ4v) is 1.42. The van der Waals surface area contributed by atoms with E-state index in [0.29, 0.717) is 18.1 Å². The van der Waals surface area contributed by atoms with Crippen molar-refractivity contribution >= 4 is 11.6 Å². The van der Waals surface area contributed by atoms with Crippen molar-refractivity contribution in [3.63, 3.8) is 0 Å². The van der Waals surface area contributed by atoms with Gasteiger partial charge in [0, 0.05) is 12.6 Å². The van der Waals surface area contributed by atoms with Crippen LogP contribution in [0.1, 0.15) is 20.3 Å². The summed E-state index contributed by atoms with van der Waals surface area (Å²) in [4.78, 5) is 8.12. The van der Waals surface area contributed by atoms with Gasteiger partial charge in [-0.25, -0.2) is 9.97 Å². The Balaban J connectivity index is 2.82. The van der Waals surface area contributed by atoms with Gasteiger partial charge < -0.3 is 20.8 Å². The van der Waals surface area contributed by atoms with Crippen LogP contribution in [0.5, 0.6) is 0 Å². The van der Waals surface area contributed by atoms with Gasteiger partial charge in [-0.1, -0.05) is 6.92 Å². The third-order valence-corrected chi connectivity index (χ3v) is 2.70. The zero-order chi connectivity index (χ0) is 12.7. The van der Waals surface area contributed by atoms with E-state index in [9.17, 15) is 10.2 Å². The number of nitrogens with one attached hydrogen (secondary N) is 2. The second-order valence-corrected chi connectivity index (χ2v) is 3.89. The van der Waals surface area contributed by atoms with Crippen molar-refractivity contribution in [2.24, 2.45) is 0 Å². The quantitative estimate of drug-likeness (QED) is 0.553. The molecule has 0 amide bonds. The van der Waals surface area contributed by atoms with Crippen LogP contribution in [-0.4, -0.2) is 45.5 Å². The van der Waals surface area contributed by atoms with Crippen LogP contribution < -0.4 is 10.6 Å². The third kappa shape index (κ3) is 3.54. The maximum absolute atomic E-state index is 9.33. The lowest BCUT2D eigenvalue weighted by Crippen LogP contribution is -2.45. The number of hydrogen-bond acceptors (Lipinski definition) is 6. The summed E-state index contributed by atoms with van der Waals surface area (Å²) in [5, 5.41) is 24.8. The van der Waals surface area contributed by atoms with Crippen molar-refractivity contribution in [2.45, 2.75) is 25.8 Å². The monoisotopic (exact) mass is 240 g/mol. The third-order valence-electron chi connectivity index (χ3n) is 2.70. The molecule has 0 aliphatic heterocycles. The number of aromatic nitrogens is 2. The summed E-state index contributed by atoms with van der Waals surface area (Å²) in [6.07, 6.45) is 2.04. The van der Waals surface area contributed by atoms with Crippen molar-refractivity contribution in [3.8, 4) is 0 Å². The number of rotatable bonds is 7. The molecule has 0 atom stereocenters. The van der Waals surface area contributed by atoms with Gasteiger partial charge in [-0.3, -0.25) is 0 Å². The molecule has 0 bridgehead atoms. The van der Waals surface area contributed by atoms with E-state index in [1.165, 1.54) is 6.33 Å². The van der Waals surface area contributed by atoms with Gasteiger partial charge in [-0.05, 0) is 13.3 Å². The van der Waals surface area contributed by atoms with Gasteiger partial charge in [-0.15, -0.1) is 0 Å².